The van der Waals surface area contributed by atoms with Gasteiger partial charge in [0, 0.05) is 36.5 Å². The molecule has 2 atom stereocenters. The molecule has 2 aliphatic rings. The second-order valence-corrected chi connectivity index (χ2v) is 9.46. The van der Waals surface area contributed by atoms with E-state index in [9.17, 15) is 18.8 Å². The zero-order chi connectivity index (χ0) is 25.0. The Bertz CT molecular complexity index is 1590. The Morgan fingerprint density at radius 1 is 1.06 bits per heavy atom. The van der Waals surface area contributed by atoms with Gasteiger partial charge in [0.05, 0.1) is 5.39 Å². The average Bonchev–Trinajstić information content (AvgIpc) is 3.82. The number of carbonyl (C=O) groups excluding carboxylic acids is 1. The number of aromatic nitrogens is 2. The second-order valence-electron chi connectivity index (χ2n) is 9.46. The van der Waals surface area contributed by atoms with Crippen LogP contribution in [-0.2, 0) is 4.79 Å². The van der Waals surface area contributed by atoms with Gasteiger partial charge in [-0.15, -0.1) is 0 Å². The maximum atomic E-state index is 14.3. The van der Waals surface area contributed by atoms with Crippen molar-refractivity contribution in [2.24, 2.45) is 0 Å². The number of pyridine rings is 2. The summed E-state index contributed by atoms with van der Waals surface area (Å²) in [6.45, 7) is 0. The Hall–Kier alpha value is -4.33. The van der Waals surface area contributed by atoms with E-state index in [1.165, 1.54) is 6.20 Å². The monoisotopic (exact) mass is 483 g/mol. The fraction of sp³-hybridized carbons (Fsp3) is 0.214. The highest BCUT2D eigenvalue weighted by molar-refractivity contribution is 5.97. The molecule has 0 spiro atoms. The average molecular weight is 483 g/mol. The van der Waals surface area contributed by atoms with Crippen molar-refractivity contribution in [3.63, 3.8) is 0 Å². The fourth-order valence-electron chi connectivity index (χ4n) is 4.61. The third kappa shape index (κ3) is 3.75. The number of alkyl halides is 1. The number of fused-ring (bicyclic) bond motifs is 1. The van der Waals surface area contributed by atoms with Crippen LogP contribution in [0.1, 0.15) is 41.1 Å². The highest BCUT2D eigenvalue weighted by Crippen LogP contribution is 2.54. The summed E-state index contributed by atoms with van der Waals surface area (Å²) in [5.41, 5.74) is 1.08. The van der Waals surface area contributed by atoms with Crippen LogP contribution in [0.3, 0.4) is 0 Å². The van der Waals surface area contributed by atoms with Crippen LogP contribution in [0.4, 0.5) is 4.39 Å². The summed E-state index contributed by atoms with van der Waals surface area (Å²) in [7, 11) is 0. The van der Waals surface area contributed by atoms with E-state index in [1.54, 1.807) is 35.0 Å². The minimum Gasteiger partial charge on any atom is -0.479 e. The predicted octanol–water partition coefficient (Wildman–Crippen LogP) is 4.23. The number of benzene rings is 2. The van der Waals surface area contributed by atoms with Crippen LogP contribution in [0.25, 0.3) is 27.8 Å². The third-order valence-corrected chi connectivity index (χ3v) is 6.94. The Morgan fingerprint density at radius 3 is 2.53 bits per heavy atom. The number of halogens is 1. The number of nitrogens with zero attached hydrogens (tertiary/aromatic N) is 2. The summed E-state index contributed by atoms with van der Waals surface area (Å²) in [5.74, 6) is -2.44. The number of amides is 1. The topological polar surface area (TPSA) is 101 Å². The van der Waals surface area contributed by atoms with Gasteiger partial charge in [-0.25, -0.2) is 14.2 Å². The highest BCUT2D eigenvalue weighted by Gasteiger charge is 2.62. The van der Waals surface area contributed by atoms with Crippen molar-refractivity contribution in [3.05, 3.63) is 94.4 Å². The van der Waals surface area contributed by atoms with Gasteiger partial charge in [0.2, 0.25) is 11.1 Å². The van der Waals surface area contributed by atoms with Crippen LogP contribution in [0.2, 0.25) is 0 Å². The normalized spacial score (nSPS) is 20.8. The van der Waals surface area contributed by atoms with E-state index in [2.05, 4.69) is 10.3 Å². The van der Waals surface area contributed by atoms with E-state index in [0.29, 0.717) is 16.6 Å². The molecule has 4 aromatic rings. The zero-order valence-electron chi connectivity index (χ0n) is 19.1. The fourth-order valence-corrected chi connectivity index (χ4v) is 4.61. The van der Waals surface area contributed by atoms with Gasteiger partial charge in [-0.3, -0.25) is 9.59 Å². The van der Waals surface area contributed by atoms with Crippen molar-refractivity contribution in [3.8, 4) is 16.8 Å². The van der Waals surface area contributed by atoms with Crippen LogP contribution in [0.15, 0.2) is 77.9 Å². The molecule has 0 bridgehead atoms. The SMILES string of the molecule is O=C(NC1CC1)c1cn(-c2cccc(-c3ccc([C@@H]4C[C@@]4(F)C(=O)O)cc3)c2)c2ncccc2c1=O. The molecule has 2 saturated carbocycles. The van der Waals surface area contributed by atoms with Crippen LogP contribution >= 0.6 is 0 Å². The summed E-state index contributed by atoms with van der Waals surface area (Å²) in [5, 5.41) is 12.3. The Kier molecular flexibility index (Phi) is 5.00. The van der Waals surface area contributed by atoms with Gasteiger partial charge in [0.25, 0.3) is 5.91 Å². The lowest BCUT2D eigenvalue weighted by Gasteiger charge is -2.14. The van der Waals surface area contributed by atoms with Crippen molar-refractivity contribution in [1.29, 1.82) is 0 Å². The number of nitrogens with one attached hydrogen (secondary N) is 1. The first-order chi connectivity index (χ1) is 17.3. The summed E-state index contributed by atoms with van der Waals surface area (Å²) in [6, 6.07) is 18.2. The van der Waals surface area contributed by atoms with Gasteiger partial charge >= 0.3 is 5.97 Å². The van der Waals surface area contributed by atoms with Crippen molar-refractivity contribution < 1.29 is 19.1 Å². The van der Waals surface area contributed by atoms with E-state index in [-0.39, 0.29) is 29.4 Å². The number of carboxylic acid groups (broad SMARTS) is 1. The molecule has 0 unspecified atom stereocenters. The van der Waals surface area contributed by atoms with Crippen molar-refractivity contribution >= 4 is 22.9 Å². The van der Waals surface area contributed by atoms with Gasteiger partial charge < -0.3 is 15.0 Å². The van der Waals surface area contributed by atoms with Gasteiger partial charge in [-0.05, 0) is 53.8 Å². The third-order valence-electron chi connectivity index (χ3n) is 6.94. The van der Waals surface area contributed by atoms with Gasteiger partial charge in [0.15, 0.2) is 0 Å². The molecule has 2 aromatic carbocycles. The molecule has 2 heterocycles. The first-order valence-electron chi connectivity index (χ1n) is 11.8. The molecular formula is C28H22FN3O4. The number of rotatable bonds is 6. The number of aliphatic carboxylic acids is 1. The minimum absolute atomic E-state index is 0.0136. The first-order valence-corrected chi connectivity index (χ1v) is 11.8. The second kappa shape index (κ2) is 8.12. The van der Waals surface area contributed by atoms with Crippen LogP contribution < -0.4 is 10.7 Å². The minimum atomic E-state index is -2.18. The largest absolute Gasteiger partial charge is 0.479 e. The summed E-state index contributed by atoms with van der Waals surface area (Å²) >= 11 is 0. The smallest absolute Gasteiger partial charge is 0.342 e. The first kappa shape index (κ1) is 22.2. The Balaban J connectivity index is 1.38. The number of hydrogen-bond acceptors (Lipinski definition) is 4. The molecule has 1 amide bonds. The Morgan fingerprint density at radius 2 is 1.83 bits per heavy atom. The van der Waals surface area contributed by atoms with Crippen LogP contribution in [0.5, 0.6) is 0 Å². The van der Waals surface area contributed by atoms with Crippen LogP contribution in [0, 0.1) is 0 Å². The maximum Gasteiger partial charge on any atom is 0.342 e. The van der Waals surface area contributed by atoms with Gasteiger partial charge in [-0.1, -0.05) is 36.4 Å². The molecule has 0 radical (unpaired) electrons. The number of hydrogen-bond donors (Lipinski definition) is 2. The molecule has 180 valence electrons. The lowest BCUT2D eigenvalue weighted by atomic mass is 10.0. The maximum absolute atomic E-state index is 14.3. The molecule has 2 aliphatic carbocycles. The van der Waals surface area contributed by atoms with Crippen molar-refractivity contribution in [2.75, 3.05) is 0 Å². The molecule has 2 N–H and O–H groups in total. The molecule has 0 aliphatic heterocycles. The highest BCUT2D eigenvalue weighted by atomic mass is 19.1. The lowest BCUT2D eigenvalue weighted by Crippen LogP contribution is -2.31. The lowest BCUT2D eigenvalue weighted by molar-refractivity contribution is -0.144. The Labute approximate surface area is 205 Å². The van der Waals surface area contributed by atoms with E-state index < -0.39 is 17.6 Å². The van der Waals surface area contributed by atoms with E-state index in [0.717, 1.165) is 29.7 Å². The molecule has 7 nitrogen and oxygen atoms in total. The molecule has 0 saturated heterocycles. The molecule has 6 rings (SSSR count). The standard InChI is InChI=1S/C28H22FN3O4/c29-28(27(35)36)14-23(28)17-8-6-16(7-9-17)18-3-1-4-20(13-18)32-15-22(26(34)31-19-10-11-19)24(33)21-5-2-12-30-25(21)32/h1-9,12-13,15,19,23H,10-11,14H2,(H,31,34)(H,35,36)/t23-,28-/m0/s1. The molecule has 36 heavy (non-hydrogen) atoms. The van der Waals surface area contributed by atoms with Gasteiger partial charge in [-0.2, -0.15) is 0 Å². The van der Waals surface area contributed by atoms with E-state index in [4.69, 9.17) is 5.11 Å². The van der Waals surface area contributed by atoms with E-state index >= 15 is 0 Å². The molecule has 8 heteroatoms. The quantitative estimate of drug-likeness (QED) is 0.428. The van der Waals surface area contributed by atoms with E-state index in [1.807, 2.05) is 36.4 Å². The predicted molar refractivity (Wildman–Crippen MR) is 132 cm³/mol. The number of carbonyl (C=O) groups is 2. The molecule has 2 aromatic heterocycles. The zero-order valence-corrected chi connectivity index (χ0v) is 19.1. The summed E-state index contributed by atoms with van der Waals surface area (Å²) < 4.78 is 16.0. The number of carboxylic acids is 1. The molecular weight excluding hydrogens is 461 g/mol. The van der Waals surface area contributed by atoms with Gasteiger partial charge in [0.1, 0.15) is 11.2 Å². The summed E-state index contributed by atoms with van der Waals surface area (Å²) in [4.78, 5) is 41.4. The van der Waals surface area contributed by atoms with Crippen molar-refractivity contribution in [2.45, 2.75) is 36.9 Å². The van der Waals surface area contributed by atoms with Crippen LogP contribution in [-0.4, -0.2) is 38.2 Å². The summed E-state index contributed by atoms with van der Waals surface area (Å²) in [6.07, 6.45) is 4.96. The molecule has 2 fully saturated rings. The van der Waals surface area contributed by atoms with Crippen molar-refractivity contribution in [1.82, 2.24) is 14.9 Å².